The number of nitro benzene ring substituents is 1. The van der Waals surface area contributed by atoms with Crippen LogP contribution >= 0.6 is 22.9 Å². The van der Waals surface area contributed by atoms with Gasteiger partial charge in [-0.05, 0) is 31.2 Å². The van der Waals surface area contributed by atoms with Gasteiger partial charge in [-0.25, -0.2) is 0 Å². The predicted octanol–water partition coefficient (Wildman–Crippen LogP) is 3.58. The molecule has 1 aromatic heterocycles. The minimum Gasteiger partial charge on any atom is -0.372 e. The van der Waals surface area contributed by atoms with Gasteiger partial charge in [-0.1, -0.05) is 11.6 Å². The van der Waals surface area contributed by atoms with E-state index in [2.05, 4.69) is 5.32 Å². The lowest BCUT2D eigenvalue weighted by Gasteiger charge is -2.14. The molecule has 0 radical (unpaired) electrons. The summed E-state index contributed by atoms with van der Waals surface area (Å²) in [7, 11) is 0. The van der Waals surface area contributed by atoms with Gasteiger partial charge < -0.3 is 11.1 Å². The first-order valence-electron chi connectivity index (χ1n) is 5.98. The van der Waals surface area contributed by atoms with Crippen molar-refractivity contribution >= 4 is 40.2 Å². The van der Waals surface area contributed by atoms with Crippen molar-refractivity contribution < 1.29 is 9.72 Å². The van der Waals surface area contributed by atoms with Crippen LogP contribution in [-0.4, -0.2) is 10.8 Å². The van der Waals surface area contributed by atoms with Crippen molar-refractivity contribution in [3.8, 4) is 0 Å². The van der Waals surface area contributed by atoms with Gasteiger partial charge in [-0.3, -0.25) is 14.9 Å². The normalized spacial score (nSPS) is 11.9. The highest BCUT2D eigenvalue weighted by molar-refractivity contribution is 7.16. The van der Waals surface area contributed by atoms with E-state index in [0.29, 0.717) is 4.34 Å². The molecule has 0 saturated heterocycles. The average molecular weight is 326 g/mol. The Bertz CT molecular complexity index is 702. The molecule has 8 heteroatoms. The molecular formula is C13H12ClN3O3S. The number of carbonyl (C=O) groups excluding carboxylic acids is 1. The minimum atomic E-state index is -0.639. The van der Waals surface area contributed by atoms with E-state index in [1.54, 1.807) is 6.07 Å². The number of amides is 1. The van der Waals surface area contributed by atoms with E-state index in [1.165, 1.54) is 29.5 Å². The van der Waals surface area contributed by atoms with Crippen LogP contribution < -0.4 is 11.1 Å². The number of benzene rings is 1. The molecule has 0 saturated carbocycles. The number of anilines is 1. The van der Waals surface area contributed by atoms with E-state index in [4.69, 9.17) is 17.3 Å². The highest BCUT2D eigenvalue weighted by atomic mass is 35.5. The summed E-state index contributed by atoms with van der Waals surface area (Å²) in [6.07, 6.45) is 0. The molecule has 6 nitrogen and oxygen atoms in total. The Hall–Kier alpha value is -2.12. The standard InChI is InChI=1S/C13H12ClN3O3S/c1-7(11-4-5-12(14)21-11)16-9-6-8(13(15)18)2-3-10(9)17(19)20/h2-7,16H,1H3,(H2,15,18). The van der Waals surface area contributed by atoms with Crippen molar-refractivity contribution in [3.63, 3.8) is 0 Å². The molecule has 2 rings (SSSR count). The second kappa shape index (κ2) is 6.11. The van der Waals surface area contributed by atoms with Crippen LogP contribution in [0.4, 0.5) is 11.4 Å². The summed E-state index contributed by atoms with van der Waals surface area (Å²) in [5, 5.41) is 14.1. The van der Waals surface area contributed by atoms with Gasteiger partial charge in [0.1, 0.15) is 5.69 Å². The first-order chi connectivity index (χ1) is 9.88. The van der Waals surface area contributed by atoms with Crippen LogP contribution in [0, 0.1) is 10.1 Å². The molecule has 110 valence electrons. The van der Waals surface area contributed by atoms with Gasteiger partial charge in [-0.2, -0.15) is 0 Å². The highest BCUT2D eigenvalue weighted by Crippen LogP contribution is 2.32. The summed E-state index contributed by atoms with van der Waals surface area (Å²) >= 11 is 7.26. The third-order valence-electron chi connectivity index (χ3n) is 2.87. The SMILES string of the molecule is CC(Nc1cc(C(N)=O)ccc1[N+](=O)[O-])c1ccc(Cl)s1. The largest absolute Gasteiger partial charge is 0.372 e. The average Bonchev–Trinajstić information content (AvgIpc) is 2.85. The Morgan fingerprint density at radius 1 is 1.43 bits per heavy atom. The molecule has 0 bridgehead atoms. The van der Waals surface area contributed by atoms with Crippen molar-refractivity contribution in [2.75, 3.05) is 5.32 Å². The molecule has 1 atom stereocenters. The monoisotopic (exact) mass is 325 g/mol. The number of nitrogens with one attached hydrogen (secondary N) is 1. The second-order valence-electron chi connectivity index (χ2n) is 4.36. The van der Waals surface area contributed by atoms with Crippen molar-refractivity contribution in [3.05, 3.63) is 55.2 Å². The quantitative estimate of drug-likeness (QED) is 0.648. The second-order valence-corrected chi connectivity index (χ2v) is 6.11. The maximum Gasteiger partial charge on any atom is 0.292 e. The molecule has 0 aliphatic carbocycles. The van der Waals surface area contributed by atoms with Crippen molar-refractivity contribution in [2.45, 2.75) is 13.0 Å². The molecule has 0 aliphatic heterocycles. The summed E-state index contributed by atoms with van der Waals surface area (Å²) in [6.45, 7) is 1.85. The zero-order valence-electron chi connectivity index (χ0n) is 11.0. The Kier molecular flexibility index (Phi) is 4.44. The van der Waals surface area contributed by atoms with E-state index in [-0.39, 0.29) is 23.0 Å². The maximum atomic E-state index is 11.2. The fourth-order valence-electron chi connectivity index (χ4n) is 1.83. The maximum absolute atomic E-state index is 11.2. The number of primary amides is 1. The van der Waals surface area contributed by atoms with Crippen LogP contribution in [0.2, 0.25) is 4.34 Å². The van der Waals surface area contributed by atoms with Crippen molar-refractivity contribution in [1.82, 2.24) is 0 Å². The molecule has 1 aromatic carbocycles. The van der Waals surface area contributed by atoms with Gasteiger partial charge in [0.2, 0.25) is 5.91 Å². The van der Waals surface area contributed by atoms with Gasteiger partial charge in [0, 0.05) is 16.5 Å². The fourth-order valence-corrected chi connectivity index (χ4v) is 2.89. The van der Waals surface area contributed by atoms with E-state index in [1.807, 2.05) is 13.0 Å². The van der Waals surface area contributed by atoms with Gasteiger partial charge in [-0.15, -0.1) is 11.3 Å². The van der Waals surface area contributed by atoms with Crippen molar-refractivity contribution in [2.24, 2.45) is 5.73 Å². The molecule has 3 N–H and O–H groups in total. The lowest BCUT2D eigenvalue weighted by atomic mass is 10.1. The van der Waals surface area contributed by atoms with Crippen LogP contribution in [0.3, 0.4) is 0 Å². The van der Waals surface area contributed by atoms with Crippen molar-refractivity contribution in [1.29, 1.82) is 0 Å². The number of nitrogens with two attached hydrogens (primary N) is 1. The van der Waals surface area contributed by atoms with E-state index >= 15 is 0 Å². The Morgan fingerprint density at radius 2 is 2.14 bits per heavy atom. The number of carbonyl (C=O) groups is 1. The lowest BCUT2D eigenvalue weighted by Crippen LogP contribution is -2.13. The first-order valence-corrected chi connectivity index (χ1v) is 7.18. The lowest BCUT2D eigenvalue weighted by molar-refractivity contribution is -0.384. The molecule has 1 amide bonds. The smallest absolute Gasteiger partial charge is 0.292 e. The third-order valence-corrected chi connectivity index (χ3v) is 4.28. The molecule has 0 fully saturated rings. The van der Waals surface area contributed by atoms with Crippen LogP contribution in [0.15, 0.2) is 30.3 Å². The van der Waals surface area contributed by atoms with Crippen LogP contribution in [0.25, 0.3) is 0 Å². The number of halogens is 1. The number of nitro groups is 1. The Labute approximate surface area is 129 Å². The van der Waals surface area contributed by atoms with E-state index in [9.17, 15) is 14.9 Å². The van der Waals surface area contributed by atoms with Gasteiger partial charge in [0.15, 0.2) is 0 Å². The summed E-state index contributed by atoms with van der Waals surface area (Å²) < 4.78 is 0.638. The zero-order valence-corrected chi connectivity index (χ0v) is 12.6. The van der Waals surface area contributed by atoms with Gasteiger partial charge in [0.05, 0.1) is 15.3 Å². The fraction of sp³-hybridized carbons (Fsp3) is 0.154. The van der Waals surface area contributed by atoms with Crippen LogP contribution in [0.1, 0.15) is 28.2 Å². The van der Waals surface area contributed by atoms with Gasteiger partial charge >= 0.3 is 0 Å². The topological polar surface area (TPSA) is 98.3 Å². The number of rotatable bonds is 5. The molecule has 2 aromatic rings. The minimum absolute atomic E-state index is 0.116. The Morgan fingerprint density at radius 3 is 2.67 bits per heavy atom. The molecule has 0 spiro atoms. The summed E-state index contributed by atoms with van der Waals surface area (Å²) in [5.74, 6) is -0.639. The predicted molar refractivity (Wildman–Crippen MR) is 83.0 cm³/mol. The number of nitrogens with zero attached hydrogens (tertiary/aromatic N) is 1. The summed E-state index contributed by atoms with van der Waals surface area (Å²) in [6, 6.07) is 7.38. The molecule has 0 aliphatic rings. The molecular weight excluding hydrogens is 314 g/mol. The number of thiophene rings is 1. The summed E-state index contributed by atoms with van der Waals surface area (Å²) in [4.78, 5) is 22.7. The van der Waals surface area contributed by atoms with Crippen LogP contribution in [0.5, 0.6) is 0 Å². The number of hydrogen-bond donors (Lipinski definition) is 2. The Balaban J connectivity index is 2.34. The third kappa shape index (κ3) is 3.50. The van der Waals surface area contributed by atoms with Crippen LogP contribution in [-0.2, 0) is 0 Å². The van der Waals surface area contributed by atoms with Gasteiger partial charge in [0.25, 0.3) is 5.69 Å². The molecule has 1 unspecified atom stereocenters. The first kappa shape index (κ1) is 15.3. The molecule has 1 heterocycles. The zero-order chi connectivity index (χ0) is 15.6. The molecule has 21 heavy (non-hydrogen) atoms. The summed E-state index contributed by atoms with van der Waals surface area (Å²) in [5.41, 5.74) is 5.54. The van der Waals surface area contributed by atoms with E-state index < -0.39 is 10.8 Å². The highest BCUT2D eigenvalue weighted by Gasteiger charge is 2.18. The van der Waals surface area contributed by atoms with E-state index in [0.717, 1.165) is 4.88 Å². The number of hydrogen-bond acceptors (Lipinski definition) is 5.